The number of aromatic nitrogens is 1. The molecule has 5 amide bonds. The maximum atomic E-state index is 13.1. The summed E-state index contributed by atoms with van der Waals surface area (Å²) in [5.41, 5.74) is 0.188. The molecule has 3 N–H and O–H groups in total. The second kappa shape index (κ2) is 5.14. The lowest BCUT2D eigenvalue weighted by atomic mass is 10.2. The monoisotopic (exact) mass is 361 g/mol. The molecule has 2 aromatic rings. The van der Waals surface area contributed by atoms with E-state index in [2.05, 4.69) is 15.6 Å². The molecule has 1 aromatic carbocycles. The Balaban J connectivity index is 1.86. The Hall–Kier alpha value is -3.21. The molecule has 2 saturated heterocycles. The van der Waals surface area contributed by atoms with Crippen molar-refractivity contribution in [1.29, 1.82) is 0 Å². The van der Waals surface area contributed by atoms with Gasteiger partial charge in [-0.15, -0.1) is 0 Å². The van der Waals surface area contributed by atoms with Crippen molar-refractivity contribution >= 4 is 38.9 Å². The van der Waals surface area contributed by atoms with E-state index in [1.807, 2.05) is 5.32 Å². The van der Waals surface area contributed by atoms with Gasteiger partial charge >= 0.3 is 12.1 Å². The second-order valence-corrected chi connectivity index (χ2v) is 7.25. The van der Waals surface area contributed by atoms with Gasteiger partial charge in [-0.1, -0.05) is 18.2 Å². The Labute approximate surface area is 141 Å². The van der Waals surface area contributed by atoms with Crippen molar-refractivity contribution in [3.8, 4) is 0 Å². The Morgan fingerprint density at radius 3 is 2.60 bits per heavy atom. The number of pyridine rings is 1. The predicted octanol–water partition coefficient (Wildman–Crippen LogP) is -0.517. The summed E-state index contributed by atoms with van der Waals surface area (Å²) in [5.74, 6) is -0.782. The van der Waals surface area contributed by atoms with Crippen LogP contribution in [0, 0.1) is 0 Å². The van der Waals surface area contributed by atoms with E-state index in [0.29, 0.717) is 9.69 Å². The largest absolute Gasteiger partial charge is 0.334 e. The van der Waals surface area contributed by atoms with Crippen LogP contribution in [-0.4, -0.2) is 47.9 Å². The average Bonchev–Trinajstić information content (AvgIpc) is 2.91. The van der Waals surface area contributed by atoms with E-state index < -0.39 is 40.2 Å². The summed E-state index contributed by atoms with van der Waals surface area (Å²) in [4.78, 5) is 39.5. The highest BCUT2D eigenvalue weighted by molar-refractivity contribution is 7.90. The van der Waals surface area contributed by atoms with Gasteiger partial charge < -0.3 is 10.6 Å². The molecule has 25 heavy (non-hydrogen) atoms. The van der Waals surface area contributed by atoms with Crippen molar-refractivity contribution < 1.29 is 22.8 Å². The van der Waals surface area contributed by atoms with Crippen molar-refractivity contribution in [2.75, 3.05) is 0 Å². The standard InChI is InChI=1S/C14H11N5O5S/c20-12-10-11(17-13(21)18-12)19(14(22)16-10)25(23,24)8-5-1-3-7-4-2-6-15-9(7)8/h1-6,10-11H,(H,16,22)(H2,17,18,20,21)/t10-,11-/m1/s1. The van der Waals surface area contributed by atoms with Gasteiger partial charge in [0.15, 0.2) is 12.2 Å². The minimum Gasteiger partial charge on any atom is -0.321 e. The van der Waals surface area contributed by atoms with Crippen LogP contribution in [0.5, 0.6) is 0 Å². The number of rotatable bonds is 2. The molecule has 0 aliphatic carbocycles. The zero-order chi connectivity index (χ0) is 17.8. The number of hydrogen-bond donors (Lipinski definition) is 3. The summed E-state index contributed by atoms with van der Waals surface area (Å²) in [5, 5.41) is 7.10. The fourth-order valence-electron chi connectivity index (χ4n) is 2.90. The normalized spacial score (nSPS) is 23.0. The number of nitrogens with one attached hydrogen (secondary N) is 3. The quantitative estimate of drug-likeness (QED) is 0.658. The van der Waals surface area contributed by atoms with Crippen LogP contribution < -0.4 is 16.0 Å². The molecule has 0 saturated carbocycles. The number of para-hydroxylation sites is 1. The smallest absolute Gasteiger partial charge is 0.321 e. The fraction of sp³-hybridized carbons (Fsp3) is 0.143. The van der Waals surface area contributed by atoms with Crippen LogP contribution in [0.25, 0.3) is 10.9 Å². The third-order valence-corrected chi connectivity index (χ3v) is 5.77. The van der Waals surface area contributed by atoms with Gasteiger partial charge in [0.2, 0.25) is 0 Å². The third-order valence-electron chi connectivity index (χ3n) is 3.98. The Bertz CT molecular complexity index is 1030. The van der Waals surface area contributed by atoms with E-state index in [-0.39, 0.29) is 10.4 Å². The number of urea groups is 2. The van der Waals surface area contributed by atoms with Crippen molar-refractivity contribution in [1.82, 2.24) is 25.2 Å². The average molecular weight is 361 g/mol. The summed E-state index contributed by atoms with van der Waals surface area (Å²) < 4.78 is 26.6. The molecule has 2 aliphatic heterocycles. The zero-order valence-corrected chi connectivity index (χ0v) is 13.3. The van der Waals surface area contributed by atoms with E-state index >= 15 is 0 Å². The first-order chi connectivity index (χ1) is 11.9. The highest BCUT2D eigenvalue weighted by atomic mass is 32.2. The van der Waals surface area contributed by atoms with E-state index in [9.17, 15) is 22.8 Å². The molecule has 3 heterocycles. The molecule has 2 fully saturated rings. The maximum absolute atomic E-state index is 13.1. The number of hydrogen-bond acceptors (Lipinski definition) is 6. The highest BCUT2D eigenvalue weighted by Gasteiger charge is 2.53. The molecule has 11 heteroatoms. The molecule has 0 radical (unpaired) electrons. The van der Waals surface area contributed by atoms with Gasteiger partial charge in [-0.05, 0) is 12.1 Å². The number of carbonyl (C=O) groups excluding carboxylic acids is 3. The number of imide groups is 1. The topological polar surface area (TPSA) is 138 Å². The van der Waals surface area contributed by atoms with Crippen LogP contribution in [0.4, 0.5) is 9.59 Å². The molecule has 0 unspecified atom stereocenters. The van der Waals surface area contributed by atoms with Gasteiger partial charge in [-0.25, -0.2) is 18.0 Å². The first-order valence-electron chi connectivity index (χ1n) is 7.19. The fourth-order valence-corrected chi connectivity index (χ4v) is 4.52. The Morgan fingerprint density at radius 2 is 1.80 bits per heavy atom. The molecule has 0 spiro atoms. The van der Waals surface area contributed by atoms with Gasteiger partial charge in [0.1, 0.15) is 4.90 Å². The van der Waals surface area contributed by atoms with E-state index in [1.54, 1.807) is 18.2 Å². The van der Waals surface area contributed by atoms with Crippen molar-refractivity contribution in [3.05, 3.63) is 36.5 Å². The number of carbonyl (C=O) groups is 3. The molecular weight excluding hydrogens is 350 g/mol. The third kappa shape index (κ3) is 2.20. The minimum atomic E-state index is -4.37. The Morgan fingerprint density at radius 1 is 1.04 bits per heavy atom. The molecule has 4 rings (SSSR count). The van der Waals surface area contributed by atoms with E-state index in [1.165, 1.54) is 18.3 Å². The highest BCUT2D eigenvalue weighted by Crippen LogP contribution is 2.28. The predicted molar refractivity (Wildman–Crippen MR) is 83.5 cm³/mol. The van der Waals surface area contributed by atoms with Crippen molar-refractivity contribution in [2.45, 2.75) is 17.1 Å². The van der Waals surface area contributed by atoms with Gasteiger partial charge in [0.25, 0.3) is 15.9 Å². The SMILES string of the molecule is O=C1NC(=O)[C@@H]2NC(=O)N(S(=O)(=O)c3cccc4cccnc34)[C@H]2N1. The van der Waals surface area contributed by atoms with Crippen LogP contribution in [-0.2, 0) is 14.8 Å². The zero-order valence-electron chi connectivity index (χ0n) is 12.5. The molecule has 2 aliphatic rings. The van der Waals surface area contributed by atoms with Crippen molar-refractivity contribution in [2.24, 2.45) is 0 Å². The second-order valence-electron chi connectivity index (χ2n) is 5.47. The van der Waals surface area contributed by atoms with Crippen LogP contribution in [0.2, 0.25) is 0 Å². The van der Waals surface area contributed by atoms with Gasteiger partial charge in [-0.2, -0.15) is 4.31 Å². The van der Waals surface area contributed by atoms with Crippen LogP contribution in [0.1, 0.15) is 0 Å². The molecule has 128 valence electrons. The van der Waals surface area contributed by atoms with Gasteiger partial charge in [0, 0.05) is 11.6 Å². The molecule has 0 bridgehead atoms. The number of fused-ring (bicyclic) bond motifs is 2. The lowest BCUT2D eigenvalue weighted by molar-refractivity contribution is -0.123. The van der Waals surface area contributed by atoms with Gasteiger partial charge in [-0.3, -0.25) is 15.1 Å². The Kier molecular flexibility index (Phi) is 3.15. The van der Waals surface area contributed by atoms with E-state index in [4.69, 9.17) is 0 Å². The number of nitrogens with zero attached hydrogens (tertiary/aromatic N) is 2. The summed E-state index contributed by atoms with van der Waals surface area (Å²) in [6.45, 7) is 0. The number of amides is 5. The summed E-state index contributed by atoms with van der Waals surface area (Å²) in [7, 11) is -4.37. The summed E-state index contributed by atoms with van der Waals surface area (Å²) in [6.07, 6.45) is 0.0852. The summed E-state index contributed by atoms with van der Waals surface area (Å²) >= 11 is 0. The van der Waals surface area contributed by atoms with Gasteiger partial charge in [0.05, 0.1) is 5.52 Å². The first kappa shape index (κ1) is 15.3. The number of sulfonamides is 1. The first-order valence-corrected chi connectivity index (χ1v) is 8.63. The van der Waals surface area contributed by atoms with Crippen molar-refractivity contribution in [3.63, 3.8) is 0 Å². The molecule has 1 aromatic heterocycles. The summed E-state index contributed by atoms with van der Waals surface area (Å²) in [6, 6.07) is 4.78. The molecule has 2 atom stereocenters. The molecule has 10 nitrogen and oxygen atoms in total. The maximum Gasteiger partial charge on any atom is 0.334 e. The van der Waals surface area contributed by atoms with Crippen LogP contribution >= 0.6 is 0 Å². The lowest BCUT2D eigenvalue weighted by Gasteiger charge is -2.29. The van der Waals surface area contributed by atoms with Crippen LogP contribution in [0.15, 0.2) is 41.4 Å². The lowest BCUT2D eigenvalue weighted by Crippen LogP contribution is -2.65. The van der Waals surface area contributed by atoms with E-state index in [0.717, 1.165) is 0 Å². The van der Waals surface area contributed by atoms with Crippen LogP contribution in [0.3, 0.4) is 0 Å². The number of benzene rings is 1. The minimum absolute atomic E-state index is 0.188. The molecular formula is C14H11N5O5S.